The topological polar surface area (TPSA) is 61.5 Å². The Morgan fingerprint density at radius 2 is 2.03 bits per heavy atom. The van der Waals surface area contributed by atoms with Crippen LogP contribution in [0, 0.1) is 0 Å². The summed E-state index contributed by atoms with van der Waals surface area (Å²) in [6, 6.07) is 15.2. The number of ether oxygens (including phenoxy) is 1. The molecular weight excluding hydrogens is 364 g/mol. The van der Waals surface area contributed by atoms with Crippen LogP contribution in [0.3, 0.4) is 0 Å². The molecule has 3 heterocycles. The minimum absolute atomic E-state index is 0.335. The number of H-pyrrole nitrogens is 1. The number of benzene rings is 2. The van der Waals surface area contributed by atoms with E-state index in [-0.39, 0.29) is 5.69 Å². The molecular formula is C23H26N4O2. The fourth-order valence-electron chi connectivity index (χ4n) is 4.60. The van der Waals surface area contributed by atoms with Gasteiger partial charge in [-0.1, -0.05) is 36.4 Å². The number of likely N-dealkylation sites (tertiary alicyclic amines) is 1. The molecule has 0 spiro atoms. The van der Waals surface area contributed by atoms with E-state index in [9.17, 15) is 4.79 Å². The van der Waals surface area contributed by atoms with Gasteiger partial charge in [-0.05, 0) is 44.3 Å². The Morgan fingerprint density at radius 1 is 1.17 bits per heavy atom. The first-order chi connectivity index (χ1) is 14.2. The molecule has 1 aromatic heterocycles. The van der Waals surface area contributed by atoms with E-state index in [1.807, 2.05) is 0 Å². The Labute approximate surface area is 170 Å². The highest BCUT2D eigenvalue weighted by atomic mass is 16.5. The molecule has 2 aliphatic rings. The quantitative estimate of drug-likeness (QED) is 0.742. The van der Waals surface area contributed by atoms with Crippen molar-refractivity contribution in [1.82, 2.24) is 14.9 Å². The van der Waals surface area contributed by atoms with Crippen LogP contribution >= 0.6 is 0 Å². The summed E-state index contributed by atoms with van der Waals surface area (Å²) in [5.74, 6) is 0.515. The van der Waals surface area contributed by atoms with Gasteiger partial charge in [-0.25, -0.2) is 4.79 Å². The first-order valence-corrected chi connectivity index (χ1v) is 10.4. The van der Waals surface area contributed by atoms with Crippen LogP contribution in [-0.4, -0.2) is 47.7 Å². The summed E-state index contributed by atoms with van der Waals surface area (Å²) in [4.78, 5) is 24.0. The Morgan fingerprint density at radius 3 is 2.90 bits per heavy atom. The second kappa shape index (κ2) is 7.52. The lowest BCUT2D eigenvalue weighted by atomic mass is 10.0. The van der Waals surface area contributed by atoms with E-state index in [0.717, 1.165) is 37.2 Å². The molecule has 6 heteroatoms. The number of nitrogens with one attached hydrogen (secondary N) is 1. The second-order valence-electron chi connectivity index (χ2n) is 8.06. The van der Waals surface area contributed by atoms with Gasteiger partial charge in [0.15, 0.2) is 0 Å². The van der Waals surface area contributed by atoms with Crippen molar-refractivity contribution in [2.75, 3.05) is 31.6 Å². The van der Waals surface area contributed by atoms with E-state index < -0.39 is 0 Å². The van der Waals surface area contributed by atoms with Gasteiger partial charge in [-0.15, -0.1) is 0 Å². The molecule has 0 bridgehead atoms. The summed E-state index contributed by atoms with van der Waals surface area (Å²) in [6.07, 6.45) is 3.14. The lowest BCUT2D eigenvalue weighted by Crippen LogP contribution is -2.35. The zero-order valence-corrected chi connectivity index (χ0v) is 16.7. The van der Waals surface area contributed by atoms with E-state index >= 15 is 0 Å². The molecule has 0 unspecified atom stereocenters. The maximum Gasteiger partial charge on any atom is 0.348 e. The number of aromatic nitrogens is 2. The Balaban J connectivity index is 1.42. The van der Waals surface area contributed by atoms with Crippen molar-refractivity contribution in [3.05, 3.63) is 64.2 Å². The third-order valence-corrected chi connectivity index (χ3v) is 6.26. The fourth-order valence-corrected chi connectivity index (χ4v) is 4.60. The van der Waals surface area contributed by atoms with Crippen LogP contribution in [0.15, 0.2) is 47.3 Å². The van der Waals surface area contributed by atoms with Crippen molar-refractivity contribution in [3.8, 4) is 5.88 Å². The molecule has 1 N–H and O–H groups in total. The van der Waals surface area contributed by atoms with Gasteiger partial charge in [0.25, 0.3) is 0 Å². The van der Waals surface area contributed by atoms with E-state index in [1.54, 1.807) is 0 Å². The summed E-state index contributed by atoms with van der Waals surface area (Å²) in [5, 5.41) is 2.46. The first kappa shape index (κ1) is 18.2. The zero-order chi connectivity index (χ0) is 19.8. The lowest BCUT2D eigenvalue weighted by Gasteiger charge is -2.32. The van der Waals surface area contributed by atoms with E-state index in [1.165, 1.54) is 22.9 Å². The second-order valence-corrected chi connectivity index (χ2v) is 8.06. The summed E-state index contributed by atoms with van der Waals surface area (Å²) in [5.41, 5.74) is 2.82. The zero-order valence-electron chi connectivity index (χ0n) is 16.7. The third-order valence-electron chi connectivity index (χ3n) is 6.26. The van der Waals surface area contributed by atoms with Crippen LogP contribution in [0.1, 0.15) is 24.1 Å². The summed E-state index contributed by atoms with van der Waals surface area (Å²) in [7, 11) is 2.13. The number of hydrogen-bond donors (Lipinski definition) is 1. The molecule has 6 nitrogen and oxygen atoms in total. The van der Waals surface area contributed by atoms with Crippen molar-refractivity contribution >= 4 is 16.5 Å². The van der Waals surface area contributed by atoms with Crippen LogP contribution in [0.4, 0.5) is 5.69 Å². The molecule has 0 radical (unpaired) electrons. The molecule has 2 aliphatic heterocycles. The summed E-state index contributed by atoms with van der Waals surface area (Å²) < 4.78 is 6.06. The number of nitrogens with zero attached hydrogens (tertiary/aromatic N) is 3. The van der Waals surface area contributed by atoms with Crippen molar-refractivity contribution in [3.63, 3.8) is 0 Å². The van der Waals surface area contributed by atoms with Crippen molar-refractivity contribution in [2.24, 2.45) is 0 Å². The highest BCUT2D eigenvalue weighted by Gasteiger charge is 2.26. The van der Waals surface area contributed by atoms with Gasteiger partial charge >= 0.3 is 5.69 Å². The van der Waals surface area contributed by atoms with Crippen LogP contribution in [-0.2, 0) is 13.0 Å². The number of hydrogen-bond acceptors (Lipinski definition) is 5. The number of fused-ring (bicyclic) bond motifs is 2. The maximum absolute atomic E-state index is 12.2. The molecule has 0 amide bonds. The number of rotatable bonds is 4. The minimum Gasteiger partial charge on any atom is -0.476 e. The highest BCUT2D eigenvalue weighted by Crippen LogP contribution is 2.32. The Bertz CT molecular complexity index is 1090. The molecule has 1 fully saturated rings. The first-order valence-electron chi connectivity index (χ1n) is 10.4. The van der Waals surface area contributed by atoms with Gasteiger partial charge in [0, 0.05) is 34.9 Å². The Hall–Kier alpha value is -2.86. The molecule has 1 saturated heterocycles. The molecule has 0 aliphatic carbocycles. The monoisotopic (exact) mass is 390 g/mol. The fraction of sp³-hybridized carbons (Fsp3) is 0.391. The van der Waals surface area contributed by atoms with Gasteiger partial charge in [-0.3, -0.25) is 0 Å². The highest BCUT2D eigenvalue weighted by molar-refractivity contribution is 5.94. The van der Waals surface area contributed by atoms with Crippen LogP contribution < -0.4 is 15.3 Å². The maximum atomic E-state index is 12.2. The normalized spacial score (nSPS) is 19.5. The predicted octanol–water partition coefficient (Wildman–Crippen LogP) is 2.96. The van der Waals surface area contributed by atoms with E-state index in [0.29, 0.717) is 25.1 Å². The molecule has 1 atom stereocenters. The molecule has 2 aromatic carbocycles. The minimum atomic E-state index is -0.335. The summed E-state index contributed by atoms with van der Waals surface area (Å²) in [6.45, 7) is 3.22. The summed E-state index contributed by atoms with van der Waals surface area (Å²) >= 11 is 0. The third kappa shape index (κ3) is 3.49. The van der Waals surface area contributed by atoms with Crippen LogP contribution in [0.5, 0.6) is 5.88 Å². The average Bonchev–Trinajstić information content (AvgIpc) is 3.15. The molecule has 0 saturated carbocycles. The Kier molecular flexibility index (Phi) is 4.72. The molecule has 3 aromatic rings. The van der Waals surface area contributed by atoms with Gasteiger partial charge in [0.05, 0.1) is 6.54 Å². The van der Waals surface area contributed by atoms with Gasteiger partial charge < -0.3 is 19.5 Å². The lowest BCUT2D eigenvalue weighted by molar-refractivity contribution is 0.191. The van der Waals surface area contributed by atoms with E-state index in [2.05, 4.69) is 69.3 Å². The SMILES string of the molecule is CN1CCC[C@H]1COc1nc(=O)[nH]c2c1CCN(c1cccc3ccccc13)C2. The van der Waals surface area contributed by atoms with Crippen molar-refractivity contribution < 1.29 is 4.74 Å². The molecule has 29 heavy (non-hydrogen) atoms. The number of likely N-dealkylation sites (N-methyl/N-ethyl adjacent to an activating group) is 1. The molecule has 5 rings (SSSR count). The predicted molar refractivity (Wildman–Crippen MR) is 115 cm³/mol. The van der Waals surface area contributed by atoms with E-state index in [4.69, 9.17) is 4.74 Å². The standard InChI is InChI=1S/C23H26N4O2/c1-26-12-5-8-17(26)15-29-22-19-11-13-27(14-20(19)24-23(28)25-22)21-10-4-7-16-6-2-3-9-18(16)21/h2-4,6-7,9-10,17H,5,8,11-15H2,1H3,(H,24,25,28)/t17-/m0/s1. The number of aromatic amines is 1. The van der Waals surface area contributed by atoms with Crippen LogP contribution in [0.2, 0.25) is 0 Å². The van der Waals surface area contributed by atoms with Crippen LogP contribution in [0.25, 0.3) is 10.8 Å². The van der Waals surface area contributed by atoms with Gasteiger partial charge in [0.2, 0.25) is 5.88 Å². The van der Waals surface area contributed by atoms with Crippen molar-refractivity contribution in [1.29, 1.82) is 0 Å². The molecule has 150 valence electrons. The van der Waals surface area contributed by atoms with Gasteiger partial charge in [-0.2, -0.15) is 4.98 Å². The van der Waals surface area contributed by atoms with Crippen molar-refractivity contribution in [2.45, 2.75) is 31.8 Å². The average molecular weight is 390 g/mol. The van der Waals surface area contributed by atoms with Gasteiger partial charge in [0.1, 0.15) is 6.61 Å². The number of anilines is 1. The smallest absolute Gasteiger partial charge is 0.348 e. The largest absolute Gasteiger partial charge is 0.476 e.